The van der Waals surface area contributed by atoms with Crippen molar-refractivity contribution in [2.24, 2.45) is 0 Å². The molecule has 3 atom stereocenters. The first-order chi connectivity index (χ1) is 13.6. The Bertz CT molecular complexity index is 811. The molecule has 0 bridgehead atoms. The lowest BCUT2D eigenvalue weighted by Crippen LogP contribution is -2.49. The Morgan fingerprint density at radius 3 is 2.93 bits per heavy atom. The van der Waals surface area contributed by atoms with Crippen molar-refractivity contribution in [3.63, 3.8) is 0 Å². The second kappa shape index (κ2) is 8.24. The SMILES string of the molecule is COC1CCN([C@@H]2CCC[C@@H]2NC(=O)Nc2ccn(-c3ccc(F)cn3)n2)C1. The number of pyridine rings is 1. The van der Waals surface area contributed by atoms with Crippen LogP contribution in [0.15, 0.2) is 30.6 Å². The van der Waals surface area contributed by atoms with Crippen molar-refractivity contribution in [1.82, 2.24) is 25.0 Å². The third kappa shape index (κ3) is 4.15. The summed E-state index contributed by atoms with van der Waals surface area (Å²) in [4.78, 5) is 18.9. The van der Waals surface area contributed by atoms with Gasteiger partial charge in [0.1, 0.15) is 5.82 Å². The maximum Gasteiger partial charge on any atom is 0.320 e. The standard InChI is InChI=1S/C19H25FN6O2/c1-28-14-7-9-25(12-14)16-4-2-3-15(16)22-19(27)23-17-8-10-26(24-17)18-6-5-13(20)11-21-18/h5-6,8,10-11,14-16H,2-4,7,9,12H2,1H3,(H2,22,23,24,27)/t14?,15-,16+/m0/s1. The molecular formula is C19H25FN6O2. The molecule has 150 valence electrons. The largest absolute Gasteiger partial charge is 0.380 e. The monoisotopic (exact) mass is 388 g/mol. The second-order valence-corrected chi connectivity index (χ2v) is 7.32. The number of urea groups is 1. The molecule has 1 aliphatic carbocycles. The number of aromatic nitrogens is 3. The summed E-state index contributed by atoms with van der Waals surface area (Å²) in [6.07, 6.45) is 7.30. The molecule has 2 aromatic heterocycles. The summed E-state index contributed by atoms with van der Waals surface area (Å²) in [6, 6.07) is 4.73. The number of methoxy groups -OCH3 is 1. The van der Waals surface area contributed by atoms with Crippen LogP contribution in [0.1, 0.15) is 25.7 Å². The first-order valence-electron chi connectivity index (χ1n) is 9.64. The highest BCUT2D eigenvalue weighted by Gasteiger charge is 2.36. The van der Waals surface area contributed by atoms with Crippen molar-refractivity contribution >= 4 is 11.8 Å². The number of rotatable bonds is 5. The Labute approximate surface area is 163 Å². The lowest BCUT2D eigenvalue weighted by atomic mass is 10.1. The fraction of sp³-hybridized carbons (Fsp3) is 0.526. The van der Waals surface area contributed by atoms with Crippen LogP contribution in [0, 0.1) is 5.82 Å². The van der Waals surface area contributed by atoms with Gasteiger partial charge in [-0.1, -0.05) is 0 Å². The average Bonchev–Trinajstić information content (AvgIpc) is 3.42. The lowest BCUT2D eigenvalue weighted by Gasteiger charge is -2.29. The molecule has 2 fully saturated rings. The van der Waals surface area contributed by atoms with Gasteiger partial charge < -0.3 is 10.1 Å². The Kier molecular flexibility index (Phi) is 5.54. The molecule has 2 N–H and O–H groups in total. The molecule has 8 nitrogen and oxygen atoms in total. The van der Waals surface area contributed by atoms with Crippen LogP contribution in [-0.2, 0) is 4.74 Å². The van der Waals surface area contributed by atoms with Gasteiger partial charge in [-0.2, -0.15) is 0 Å². The topological polar surface area (TPSA) is 84.3 Å². The van der Waals surface area contributed by atoms with Crippen LogP contribution in [0.3, 0.4) is 0 Å². The fourth-order valence-electron chi connectivity index (χ4n) is 4.14. The lowest BCUT2D eigenvalue weighted by molar-refractivity contribution is 0.0985. The molecular weight excluding hydrogens is 363 g/mol. The normalized spacial score (nSPS) is 25.1. The molecule has 4 rings (SSSR count). The first kappa shape index (κ1) is 18.8. The average molecular weight is 388 g/mol. The van der Waals surface area contributed by atoms with Crippen LogP contribution in [0.2, 0.25) is 0 Å². The van der Waals surface area contributed by atoms with Crippen LogP contribution < -0.4 is 10.6 Å². The maximum atomic E-state index is 13.0. The first-order valence-corrected chi connectivity index (χ1v) is 9.64. The number of hydrogen-bond donors (Lipinski definition) is 2. The number of nitrogens with one attached hydrogen (secondary N) is 2. The summed E-state index contributed by atoms with van der Waals surface area (Å²) >= 11 is 0. The minimum Gasteiger partial charge on any atom is -0.380 e. The van der Waals surface area contributed by atoms with Crippen molar-refractivity contribution < 1.29 is 13.9 Å². The minimum atomic E-state index is -0.408. The van der Waals surface area contributed by atoms with E-state index in [0.717, 1.165) is 45.0 Å². The van der Waals surface area contributed by atoms with Crippen molar-refractivity contribution in [2.75, 3.05) is 25.5 Å². The summed E-state index contributed by atoms with van der Waals surface area (Å²) in [5.41, 5.74) is 0. The number of carbonyl (C=O) groups excluding carboxylic acids is 1. The minimum absolute atomic E-state index is 0.122. The van der Waals surface area contributed by atoms with Gasteiger partial charge in [-0.15, -0.1) is 5.10 Å². The van der Waals surface area contributed by atoms with Crippen LogP contribution in [0.4, 0.5) is 15.0 Å². The number of halogens is 1. The van der Waals surface area contributed by atoms with E-state index in [1.807, 2.05) is 0 Å². The predicted molar refractivity (Wildman–Crippen MR) is 102 cm³/mol. The highest BCUT2D eigenvalue weighted by atomic mass is 19.1. The second-order valence-electron chi connectivity index (χ2n) is 7.32. The molecule has 2 amide bonds. The van der Waals surface area contributed by atoms with Crippen LogP contribution in [0.5, 0.6) is 0 Å². The third-order valence-corrected chi connectivity index (χ3v) is 5.55. The van der Waals surface area contributed by atoms with Crippen molar-refractivity contribution in [3.05, 3.63) is 36.4 Å². The predicted octanol–water partition coefficient (Wildman–Crippen LogP) is 2.17. The molecule has 1 saturated carbocycles. The van der Waals surface area contributed by atoms with E-state index < -0.39 is 5.82 Å². The zero-order chi connectivity index (χ0) is 19.5. The summed E-state index contributed by atoms with van der Waals surface area (Å²) in [5, 5.41) is 10.1. The van der Waals surface area contributed by atoms with E-state index in [1.165, 1.54) is 16.8 Å². The van der Waals surface area contributed by atoms with E-state index in [1.54, 1.807) is 19.4 Å². The molecule has 0 aromatic carbocycles. The molecule has 2 aromatic rings. The molecule has 0 radical (unpaired) electrons. The van der Waals surface area contributed by atoms with Crippen molar-refractivity contribution in [3.8, 4) is 5.82 Å². The Balaban J connectivity index is 1.33. The smallest absolute Gasteiger partial charge is 0.320 e. The zero-order valence-corrected chi connectivity index (χ0v) is 15.8. The van der Waals surface area contributed by atoms with Crippen LogP contribution in [-0.4, -0.2) is 64.1 Å². The molecule has 28 heavy (non-hydrogen) atoms. The number of anilines is 1. The van der Waals surface area contributed by atoms with E-state index in [2.05, 4.69) is 25.6 Å². The highest BCUT2D eigenvalue weighted by Crippen LogP contribution is 2.28. The summed E-state index contributed by atoms with van der Waals surface area (Å²) in [7, 11) is 1.76. The van der Waals surface area contributed by atoms with E-state index in [4.69, 9.17) is 4.74 Å². The molecule has 1 aliphatic heterocycles. The highest BCUT2D eigenvalue weighted by molar-refractivity contribution is 5.88. The van der Waals surface area contributed by atoms with Gasteiger partial charge in [-0.05, 0) is 37.8 Å². The Morgan fingerprint density at radius 1 is 1.29 bits per heavy atom. The Morgan fingerprint density at radius 2 is 2.18 bits per heavy atom. The molecule has 3 heterocycles. The van der Waals surface area contributed by atoms with E-state index >= 15 is 0 Å². The number of ether oxygens (including phenoxy) is 1. The molecule has 2 aliphatic rings. The number of hydrogen-bond acceptors (Lipinski definition) is 5. The van der Waals surface area contributed by atoms with Gasteiger partial charge in [0, 0.05) is 44.5 Å². The zero-order valence-electron chi connectivity index (χ0n) is 15.8. The van der Waals surface area contributed by atoms with Gasteiger partial charge in [0.15, 0.2) is 11.6 Å². The Hall–Kier alpha value is -2.52. The van der Waals surface area contributed by atoms with Crippen LogP contribution >= 0.6 is 0 Å². The molecule has 1 unspecified atom stereocenters. The van der Waals surface area contributed by atoms with Crippen molar-refractivity contribution in [2.45, 2.75) is 43.9 Å². The van der Waals surface area contributed by atoms with Gasteiger partial charge in [0.2, 0.25) is 0 Å². The van der Waals surface area contributed by atoms with Crippen LogP contribution in [0.25, 0.3) is 5.82 Å². The summed E-state index contributed by atoms with van der Waals surface area (Å²) in [5.74, 6) is 0.487. The number of amides is 2. The third-order valence-electron chi connectivity index (χ3n) is 5.55. The summed E-state index contributed by atoms with van der Waals surface area (Å²) in [6.45, 7) is 1.94. The molecule has 9 heteroatoms. The number of likely N-dealkylation sites (tertiary alicyclic amines) is 1. The summed E-state index contributed by atoms with van der Waals surface area (Å²) < 4.78 is 19.9. The van der Waals surface area contributed by atoms with Crippen molar-refractivity contribution in [1.29, 1.82) is 0 Å². The van der Waals surface area contributed by atoms with Gasteiger partial charge in [-0.3, -0.25) is 10.2 Å². The van der Waals surface area contributed by atoms with E-state index in [0.29, 0.717) is 23.8 Å². The quantitative estimate of drug-likeness (QED) is 0.820. The molecule has 0 spiro atoms. The fourth-order valence-corrected chi connectivity index (χ4v) is 4.14. The number of nitrogens with zero attached hydrogens (tertiary/aromatic N) is 4. The maximum absolute atomic E-state index is 13.0. The van der Waals surface area contributed by atoms with E-state index in [9.17, 15) is 9.18 Å². The van der Waals surface area contributed by atoms with Gasteiger partial charge in [0.05, 0.1) is 12.3 Å². The van der Waals surface area contributed by atoms with Gasteiger partial charge in [0.25, 0.3) is 0 Å². The van der Waals surface area contributed by atoms with Gasteiger partial charge >= 0.3 is 6.03 Å². The number of carbonyl (C=O) groups is 1. The van der Waals surface area contributed by atoms with Gasteiger partial charge in [-0.25, -0.2) is 18.9 Å². The molecule has 1 saturated heterocycles. The van der Waals surface area contributed by atoms with E-state index in [-0.39, 0.29) is 12.1 Å².